The molecule has 47 aliphatic carbocycles. The molecule has 4 nitrogen and oxygen atoms in total. The van der Waals surface area contributed by atoms with Crippen LogP contribution in [0.4, 0.5) is 0 Å². The fourth-order valence-electron chi connectivity index (χ4n) is 72.0. The summed E-state index contributed by atoms with van der Waals surface area (Å²) in [5, 5.41) is 25.1. The van der Waals surface area contributed by atoms with Gasteiger partial charge < -0.3 is 10.2 Å². The van der Waals surface area contributed by atoms with Crippen LogP contribution in [0.2, 0.25) is 0 Å². The molecule has 111 heavy (non-hydrogen) atoms. The van der Waals surface area contributed by atoms with Gasteiger partial charge in [0.1, 0.15) is 0 Å². The molecular weight excluding hydrogens is 1350 g/mol. The van der Waals surface area contributed by atoms with Crippen LogP contribution in [-0.4, -0.2) is 22.2 Å². The van der Waals surface area contributed by atoms with Gasteiger partial charge >= 0.3 is 11.9 Å². The van der Waals surface area contributed by atoms with Crippen LogP contribution in [0.5, 0.6) is 0 Å². The van der Waals surface area contributed by atoms with Crippen LogP contribution in [0.25, 0.3) is 0 Å². The first-order chi connectivity index (χ1) is 54.9. The van der Waals surface area contributed by atoms with Crippen LogP contribution in [0, 0.1) is 562 Å². The first-order valence-corrected chi connectivity index (χ1v) is 53.4. The van der Waals surface area contributed by atoms with Crippen LogP contribution in [0.1, 0.15) is 64.7 Å². The Balaban J connectivity index is 0.558. The molecule has 0 bridgehead atoms. The lowest BCUT2D eigenvalue weighted by atomic mass is 9.04. The third-order valence-electron chi connectivity index (χ3n) is 65.9. The van der Waals surface area contributed by atoms with Crippen molar-refractivity contribution >= 4 is 11.9 Å². The minimum Gasteiger partial charge on any atom is -0.481 e. The molecule has 0 aliphatic heterocycles. The summed E-state index contributed by atoms with van der Waals surface area (Å²) >= 11 is 0. The number of rotatable bonds is 2. The van der Waals surface area contributed by atoms with Crippen molar-refractivity contribution in [2.45, 2.75) is 64.7 Å². The Morgan fingerprint density at radius 2 is 0.369 bits per heavy atom. The van der Waals surface area contributed by atoms with Gasteiger partial charge in [0.2, 0.25) is 0 Å². The monoisotopic (exact) mass is 1470 g/mol. The van der Waals surface area contributed by atoms with Gasteiger partial charge in [-0.15, -0.1) is 0 Å². The second-order valence-electron chi connectivity index (χ2n) is 59.3. The summed E-state index contributed by atoms with van der Waals surface area (Å²) in [6.07, 6.45) is 13.5. The number of aliphatic carboxylic acids is 2. The lowest BCUT2D eigenvalue weighted by Gasteiger charge is -3.01. The minimum atomic E-state index is -0.285. The molecule has 2 N–H and O–H groups in total. The van der Waals surface area contributed by atoms with Crippen molar-refractivity contribution in [3.8, 4) is 0 Å². The highest BCUT2D eigenvalue weighted by atomic mass is 16.4. The lowest BCUT2D eigenvalue weighted by Crippen LogP contribution is -2.97. The normalized spacial score (nSPS) is 94.8. The predicted octanol–water partition coefficient (Wildman–Crippen LogP) is 14.9. The Kier molecular flexibility index (Phi) is 6.87. The fourth-order valence-corrected chi connectivity index (χ4v) is 72.0. The smallest absolute Gasteiger partial charge is 0.307 e. The van der Waals surface area contributed by atoms with E-state index in [0.717, 1.165) is 350 Å². The van der Waals surface area contributed by atoms with Gasteiger partial charge in [0.25, 0.3) is 0 Å². The largest absolute Gasteiger partial charge is 0.481 e. The van der Waals surface area contributed by atoms with Crippen LogP contribution < -0.4 is 0 Å². The molecule has 0 amide bonds. The van der Waals surface area contributed by atoms with E-state index in [4.69, 9.17) is 0 Å². The molecule has 570 valence electrons. The van der Waals surface area contributed by atoms with E-state index in [1.54, 1.807) is 38.5 Å². The highest BCUT2D eigenvalue weighted by molar-refractivity contribution is 5.72. The fraction of sp³-hybridized carbons (Fsp3) is 0.981. The standard InChI is InChI=1S/C107H118O4/c1-11-6-14-8-15-9-18-22(15)34-25(14)33-21(11)105(107(110)111)104-102-44(33)55-45(34)41-29(18)42-49(41)59-66(55)99-96-79-69(59)63-52(42)64-71(63)81-87(79)94-91-84-75-65(76(84)97-95(94)98(96)100(97)103(104)101(99)102)54-43-32-20-10-19-26-17(106(108)109)5-3-12-7-13-2-4-16-27-24(13)35(23(12)26)40-30(19)37-31(20)38(32)48-57-47(37)56-46(40)36(27)28(16)39-50(56)60-51(39)62-72-77(67(57)60)68-58(48)53(43)61(54)70-78(68)86-82(72)73(62)83-74(64)85-89(81)93(91)88(80(70)75)92(86)90(83)85/h11-105H,2-10H2,1H3,(H,108,109)(H,110,111). The molecule has 0 saturated heterocycles. The van der Waals surface area contributed by atoms with E-state index in [2.05, 4.69) is 6.92 Å². The molecule has 47 saturated carbocycles. The molecule has 47 aliphatic rings. The first kappa shape index (κ1) is 53.7. The molecule has 0 aromatic heterocycles. The Bertz CT molecular complexity index is 5050. The Morgan fingerprint density at radius 3 is 0.694 bits per heavy atom. The van der Waals surface area contributed by atoms with E-state index in [9.17, 15) is 15.0 Å². The molecule has 0 aromatic rings. The third kappa shape index (κ3) is 3.80. The lowest BCUT2D eigenvalue weighted by molar-refractivity contribution is -0.541. The number of carboxylic acids is 2. The van der Waals surface area contributed by atoms with Crippen molar-refractivity contribution in [2.75, 3.05) is 0 Å². The average Bonchev–Trinajstić information content (AvgIpc) is 0.586. The van der Waals surface area contributed by atoms with Crippen LogP contribution in [0.15, 0.2) is 0 Å². The van der Waals surface area contributed by atoms with Gasteiger partial charge in [0.05, 0.1) is 11.8 Å². The molecule has 47 fully saturated rings. The van der Waals surface area contributed by atoms with Gasteiger partial charge in [-0.05, 0) is 608 Å². The maximum Gasteiger partial charge on any atom is 0.307 e. The number of hydrogen-bond acceptors (Lipinski definition) is 2. The van der Waals surface area contributed by atoms with Crippen molar-refractivity contribution < 1.29 is 19.8 Å². The quantitative estimate of drug-likeness (QED) is 0.289. The van der Waals surface area contributed by atoms with Crippen LogP contribution >= 0.6 is 0 Å². The van der Waals surface area contributed by atoms with Gasteiger partial charge in [-0.25, -0.2) is 0 Å². The van der Waals surface area contributed by atoms with E-state index in [-0.39, 0.29) is 23.8 Å². The Labute approximate surface area is 654 Å². The Hall–Kier alpha value is -1.06. The molecule has 47 rings (SSSR count). The van der Waals surface area contributed by atoms with Crippen molar-refractivity contribution in [2.24, 2.45) is 562 Å². The van der Waals surface area contributed by atoms with E-state index < -0.39 is 0 Å². The van der Waals surface area contributed by atoms with Gasteiger partial charge in [-0.2, -0.15) is 0 Å². The summed E-state index contributed by atoms with van der Waals surface area (Å²) in [4.78, 5) is 30.4. The van der Waals surface area contributed by atoms with Crippen LogP contribution in [0.3, 0.4) is 0 Å². The Morgan fingerprint density at radius 1 is 0.162 bits per heavy atom. The molecule has 4 heteroatoms. The zero-order chi connectivity index (χ0) is 67.4. The highest BCUT2D eigenvalue weighted by Gasteiger charge is 3.03. The summed E-state index contributed by atoms with van der Waals surface area (Å²) < 4.78 is 0. The molecule has 0 radical (unpaired) electrons. The molecular formula is C107H118O4. The summed E-state index contributed by atoms with van der Waals surface area (Å²) in [5.41, 5.74) is 0. The zero-order valence-corrected chi connectivity index (χ0v) is 64.9. The molecule has 95 unspecified atom stereocenters. The second-order valence-corrected chi connectivity index (χ2v) is 59.3. The van der Waals surface area contributed by atoms with E-state index in [1.165, 1.54) is 196 Å². The average molecular weight is 1470 g/mol. The molecule has 0 aromatic carbocycles. The molecule has 0 heterocycles. The third-order valence-corrected chi connectivity index (χ3v) is 65.9. The van der Waals surface area contributed by atoms with Crippen molar-refractivity contribution in [1.29, 1.82) is 0 Å². The van der Waals surface area contributed by atoms with Crippen molar-refractivity contribution in [1.82, 2.24) is 0 Å². The van der Waals surface area contributed by atoms with Crippen molar-refractivity contribution in [3.05, 3.63) is 0 Å². The van der Waals surface area contributed by atoms with Gasteiger partial charge in [0, 0.05) is 0 Å². The predicted molar refractivity (Wildman–Crippen MR) is 394 cm³/mol. The zero-order valence-electron chi connectivity index (χ0n) is 64.9. The summed E-state index contributed by atoms with van der Waals surface area (Å²) in [6.45, 7) is 2.78. The number of carboxylic acid groups (broad SMARTS) is 2. The van der Waals surface area contributed by atoms with Gasteiger partial charge in [-0.1, -0.05) is 6.92 Å². The van der Waals surface area contributed by atoms with E-state index in [1.807, 2.05) is 0 Å². The highest BCUT2D eigenvalue weighted by Crippen LogP contribution is 3.07. The second kappa shape index (κ2) is 14.2. The van der Waals surface area contributed by atoms with Crippen molar-refractivity contribution in [3.63, 3.8) is 0 Å². The van der Waals surface area contributed by atoms with E-state index >= 15 is 4.79 Å². The SMILES string of the molecule is CC1CC2CC3CC4C3C3C2C2C1C(C(=O)O)C1C5C2C2C3C3C4C4C3C3C2C2C5C1C1C5C2C2C3C3C4C4C3C3C2C2C5C1C1C5C6C7C8C9CC%10C%11C(C(=O)O)CCC%12CC%13CCC%14C%15C%13C(C%12%11)C%11C%10C%10C9C8C8C9C%10C%10C%11C%15C%14C%11C%10C%10C%11C%11C%12C(C9%10)C9C8C7C6C6C9C7C%12C%11C8C4C4C8C7C7C6C5C1C2C7C34. The van der Waals surface area contributed by atoms with Crippen LogP contribution in [-0.2, 0) is 9.59 Å². The maximum atomic E-state index is 15.7. The summed E-state index contributed by atoms with van der Waals surface area (Å²) in [6, 6.07) is 0. The first-order valence-electron chi connectivity index (χ1n) is 53.4. The molecule has 0 spiro atoms. The van der Waals surface area contributed by atoms with Gasteiger partial charge in [0.15, 0.2) is 0 Å². The number of fused-ring (bicyclic) bond motifs is 22. The van der Waals surface area contributed by atoms with Gasteiger partial charge in [-0.3, -0.25) is 9.59 Å². The number of hydrogen-bond donors (Lipinski definition) is 2. The summed E-state index contributed by atoms with van der Waals surface area (Å²) in [5.74, 6) is 99.7. The topological polar surface area (TPSA) is 74.6 Å². The summed E-state index contributed by atoms with van der Waals surface area (Å²) in [7, 11) is 0. The molecule has 95 atom stereocenters. The maximum absolute atomic E-state index is 15.7. The minimum absolute atomic E-state index is 0.00164. The van der Waals surface area contributed by atoms with E-state index in [0.29, 0.717) is 23.7 Å². The number of carbonyl (C=O) groups is 2.